The normalized spacial score (nSPS) is 10.4. The smallest absolute Gasteiger partial charge is 0.262 e. The van der Waals surface area contributed by atoms with E-state index in [-0.39, 0.29) is 12.5 Å². The number of methoxy groups -OCH3 is 1. The second kappa shape index (κ2) is 9.83. The number of hydrogen-bond donors (Lipinski definition) is 2. The molecular formula is C25H28N2O3. The molecule has 2 N–H and O–H groups in total. The van der Waals surface area contributed by atoms with Crippen LogP contribution in [0.4, 0.5) is 11.4 Å². The van der Waals surface area contributed by atoms with E-state index in [0.717, 1.165) is 22.5 Å². The van der Waals surface area contributed by atoms with Crippen molar-refractivity contribution in [3.8, 4) is 11.5 Å². The Morgan fingerprint density at radius 1 is 0.833 bits per heavy atom. The van der Waals surface area contributed by atoms with Crippen LogP contribution in [0.15, 0.2) is 60.7 Å². The van der Waals surface area contributed by atoms with Crippen molar-refractivity contribution in [2.75, 3.05) is 24.4 Å². The molecule has 30 heavy (non-hydrogen) atoms. The van der Waals surface area contributed by atoms with Crippen LogP contribution < -0.4 is 20.1 Å². The number of ether oxygens (including phenoxy) is 2. The Labute approximate surface area is 178 Å². The van der Waals surface area contributed by atoms with Crippen molar-refractivity contribution in [1.29, 1.82) is 0 Å². The van der Waals surface area contributed by atoms with Gasteiger partial charge in [-0.1, -0.05) is 29.8 Å². The fraction of sp³-hybridized carbons (Fsp3) is 0.240. The standard InChI is InChI=1S/C25H28N2O3/c1-17-5-9-21(10-6-17)27-25(28)16-30-23-12-8-20(14-24(23)29-4)15-26-22-11-7-18(2)19(3)13-22/h5-14,26H,15-16H2,1-4H3,(H,27,28). The van der Waals surface area contributed by atoms with E-state index < -0.39 is 0 Å². The minimum Gasteiger partial charge on any atom is -0.493 e. The Bertz CT molecular complexity index is 1010. The van der Waals surface area contributed by atoms with Gasteiger partial charge in [0.15, 0.2) is 18.1 Å². The summed E-state index contributed by atoms with van der Waals surface area (Å²) in [6.45, 7) is 6.77. The summed E-state index contributed by atoms with van der Waals surface area (Å²) >= 11 is 0. The lowest BCUT2D eigenvalue weighted by molar-refractivity contribution is -0.118. The van der Waals surface area contributed by atoms with Crippen molar-refractivity contribution in [3.63, 3.8) is 0 Å². The van der Waals surface area contributed by atoms with Crippen molar-refractivity contribution in [2.45, 2.75) is 27.3 Å². The van der Waals surface area contributed by atoms with E-state index in [0.29, 0.717) is 18.0 Å². The van der Waals surface area contributed by atoms with Crippen LogP contribution in [-0.4, -0.2) is 19.6 Å². The average molecular weight is 405 g/mol. The number of amides is 1. The van der Waals surface area contributed by atoms with Gasteiger partial charge in [-0.3, -0.25) is 4.79 Å². The van der Waals surface area contributed by atoms with Gasteiger partial charge in [0.25, 0.3) is 5.91 Å². The second-order valence-electron chi connectivity index (χ2n) is 7.34. The fourth-order valence-corrected chi connectivity index (χ4v) is 2.97. The van der Waals surface area contributed by atoms with Crippen molar-refractivity contribution >= 4 is 17.3 Å². The van der Waals surface area contributed by atoms with Gasteiger partial charge >= 0.3 is 0 Å². The summed E-state index contributed by atoms with van der Waals surface area (Å²) in [4.78, 5) is 12.2. The molecule has 3 aromatic carbocycles. The van der Waals surface area contributed by atoms with Crippen molar-refractivity contribution < 1.29 is 14.3 Å². The van der Waals surface area contributed by atoms with E-state index >= 15 is 0 Å². The molecule has 0 aromatic heterocycles. The Morgan fingerprint density at radius 2 is 1.57 bits per heavy atom. The zero-order chi connectivity index (χ0) is 21.5. The molecule has 0 unspecified atom stereocenters. The molecule has 0 saturated carbocycles. The van der Waals surface area contributed by atoms with Crippen LogP contribution in [-0.2, 0) is 11.3 Å². The largest absolute Gasteiger partial charge is 0.493 e. The van der Waals surface area contributed by atoms with Crippen molar-refractivity contribution in [2.24, 2.45) is 0 Å². The van der Waals surface area contributed by atoms with Crippen LogP contribution in [0.1, 0.15) is 22.3 Å². The van der Waals surface area contributed by atoms with Crippen LogP contribution >= 0.6 is 0 Å². The number of benzene rings is 3. The number of rotatable bonds is 8. The molecule has 5 heteroatoms. The summed E-state index contributed by atoms with van der Waals surface area (Å²) in [5.41, 5.74) is 6.54. The molecule has 0 saturated heterocycles. The molecule has 5 nitrogen and oxygen atoms in total. The monoisotopic (exact) mass is 404 g/mol. The lowest BCUT2D eigenvalue weighted by atomic mass is 10.1. The third-order valence-corrected chi connectivity index (χ3v) is 4.93. The summed E-state index contributed by atoms with van der Waals surface area (Å²) in [5.74, 6) is 0.908. The molecule has 3 rings (SSSR count). The molecule has 0 heterocycles. The highest BCUT2D eigenvalue weighted by atomic mass is 16.5. The lowest BCUT2D eigenvalue weighted by Crippen LogP contribution is -2.20. The maximum Gasteiger partial charge on any atom is 0.262 e. The van der Waals surface area contributed by atoms with E-state index in [2.05, 4.69) is 42.7 Å². The van der Waals surface area contributed by atoms with Gasteiger partial charge in [0, 0.05) is 17.9 Å². The Morgan fingerprint density at radius 3 is 2.27 bits per heavy atom. The number of carbonyl (C=O) groups excluding carboxylic acids is 1. The molecule has 0 radical (unpaired) electrons. The summed E-state index contributed by atoms with van der Waals surface area (Å²) < 4.78 is 11.1. The maximum atomic E-state index is 12.2. The first-order chi connectivity index (χ1) is 14.4. The zero-order valence-electron chi connectivity index (χ0n) is 17.9. The van der Waals surface area contributed by atoms with E-state index in [1.807, 2.05) is 49.4 Å². The molecule has 3 aromatic rings. The predicted molar refractivity (Wildman–Crippen MR) is 122 cm³/mol. The van der Waals surface area contributed by atoms with Gasteiger partial charge < -0.3 is 20.1 Å². The average Bonchev–Trinajstić information content (AvgIpc) is 2.75. The van der Waals surface area contributed by atoms with Gasteiger partial charge in [0.05, 0.1) is 7.11 Å². The van der Waals surface area contributed by atoms with Crippen LogP contribution in [0.5, 0.6) is 11.5 Å². The van der Waals surface area contributed by atoms with E-state index in [1.54, 1.807) is 7.11 Å². The van der Waals surface area contributed by atoms with E-state index in [4.69, 9.17) is 9.47 Å². The highest BCUT2D eigenvalue weighted by molar-refractivity contribution is 5.91. The Hall–Kier alpha value is -3.47. The van der Waals surface area contributed by atoms with Crippen LogP contribution in [0.25, 0.3) is 0 Å². The molecule has 0 bridgehead atoms. The summed E-state index contributed by atoms with van der Waals surface area (Å²) in [6.07, 6.45) is 0. The summed E-state index contributed by atoms with van der Waals surface area (Å²) in [5, 5.41) is 6.24. The van der Waals surface area contributed by atoms with Gasteiger partial charge in [-0.25, -0.2) is 0 Å². The van der Waals surface area contributed by atoms with Crippen LogP contribution in [0, 0.1) is 20.8 Å². The fourth-order valence-electron chi connectivity index (χ4n) is 2.97. The molecule has 0 fully saturated rings. The van der Waals surface area contributed by atoms with Crippen molar-refractivity contribution in [1.82, 2.24) is 0 Å². The molecule has 0 aliphatic rings. The number of aryl methyl sites for hydroxylation is 3. The number of hydrogen-bond acceptors (Lipinski definition) is 4. The zero-order valence-corrected chi connectivity index (χ0v) is 17.9. The molecule has 0 aliphatic heterocycles. The Balaban J connectivity index is 1.57. The van der Waals surface area contributed by atoms with Gasteiger partial charge in [-0.2, -0.15) is 0 Å². The second-order valence-corrected chi connectivity index (χ2v) is 7.34. The molecule has 0 atom stereocenters. The SMILES string of the molecule is COc1cc(CNc2ccc(C)c(C)c2)ccc1OCC(=O)Nc1ccc(C)cc1. The molecule has 0 aliphatic carbocycles. The third kappa shape index (κ3) is 5.77. The summed E-state index contributed by atoms with van der Waals surface area (Å²) in [6, 6.07) is 19.7. The highest BCUT2D eigenvalue weighted by Gasteiger charge is 2.09. The van der Waals surface area contributed by atoms with Gasteiger partial charge in [-0.05, 0) is 73.9 Å². The quantitative estimate of drug-likeness (QED) is 0.538. The lowest BCUT2D eigenvalue weighted by Gasteiger charge is -2.13. The molecule has 156 valence electrons. The van der Waals surface area contributed by atoms with Gasteiger partial charge in [0.1, 0.15) is 0 Å². The summed E-state index contributed by atoms with van der Waals surface area (Å²) in [7, 11) is 1.59. The van der Waals surface area contributed by atoms with Gasteiger partial charge in [-0.15, -0.1) is 0 Å². The van der Waals surface area contributed by atoms with E-state index in [1.165, 1.54) is 11.1 Å². The first-order valence-corrected chi connectivity index (χ1v) is 9.92. The third-order valence-electron chi connectivity index (χ3n) is 4.93. The first kappa shape index (κ1) is 21.2. The number of nitrogens with one attached hydrogen (secondary N) is 2. The minimum absolute atomic E-state index is 0.0928. The molecular weight excluding hydrogens is 376 g/mol. The highest BCUT2D eigenvalue weighted by Crippen LogP contribution is 2.28. The molecule has 0 spiro atoms. The van der Waals surface area contributed by atoms with Crippen LogP contribution in [0.2, 0.25) is 0 Å². The Kier molecular flexibility index (Phi) is 6.96. The van der Waals surface area contributed by atoms with Gasteiger partial charge in [0.2, 0.25) is 0 Å². The van der Waals surface area contributed by atoms with E-state index in [9.17, 15) is 4.79 Å². The predicted octanol–water partition coefficient (Wildman–Crippen LogP) is 5.25. The number of carbonyl (C=O) groups is 1. The van der Waals surface area contributed by atoms with Crippen LogP contribution in [0.3, 0.4) is 0 Å². The van der Waals surface area contributed by atoms with Crippen molar-refractivity contribution in [3.05, 3.63) is 82.9 Å². The topological polar surface area (TPSA) is 59.6 Å². The number of anilines is 2. The first-order valence-electron chi connectivity index (χ1n) is 9.92. The minimum atomic E-state index is -0.221. The molecule has 1 amide bonds. The maximum absolute atomic E-state index is 12.2.